The first kappa shape index (κ1) is 12.1. The molecule has 0 aliphatic rings. The Balaban J connectivity index is 2.26. The van der Waals surface area contributed by atoms with Gasteiger partial charge in [0.25, 0.3) is 0 Å². The third-order valence-electron chi connectivity index (χ3n) is 2.30. The number of ether oxygens (including phenoxy) is 1. The molecular weight excluding hydrogens is 282 g/mol. The number of aromatic nitrogens is 2. The van der Waals surface area contributed by atoms with Crippen molar-refractivity contribution >= 4 is 15.9 Å². The lowest BCUT2D eigenvalue weighted by atomic mass is 10.3. The zero-order valence-electron chi connectivity index (χ0n) is 9.56. The lowest BCUT2D eigenvalue weighted by molar-refractivity contribution is 0.313. The number of benzene rings is 1. The highest BCUT2D eigenvalue weighted by molar-refractivity contribution is 9.10. The first-order valence-corrected chi connectivity index (χ1v) is 6.15. The van der Waals surface area contributed by atoms with Crippen LogP contribution in [0.5, 0.6) is 5.88 Å². The third kappa shape index (κ3) is 2.87. The topological polar surface area (TPSA) is 53.1 Å². The summed E-state index contributed by atoms with van der Waals surface area (Å²) in [5.41, 5.74) is 7.42. The molecule has 0 amide bonds. The maximum absolute atomic E-state index is 5.40. The van der Waals surface area contributed by atoms with Gasteiger partial charge >= 0.3 is 0 Å². The van der Waals surface area contributed by atoms with Gasteiger partial charge in [0, 0.05) is 22.8 Å². The van der Waals surface area contributed by atoms with Crippen molar-refractivity contribution in [2.24, 2.45) is 5.73 Å². The summed E-state index contributed by atoms with van der Waals surface area (Å²) in [6, 6.07) is 9.86. The molecule has 0 radical (unpaired) electrons. The van der Waals surface area contributed by atoms with E-state index in [-0.39, 0.29) is 0 Å². The molecular formula is C12H14BrN3O. The quantitative estimate of drug-likeness (QED) is 0.941. The second-order valence-electron chi connectivity index (χ2n) is 3.65. The molecule has 0 spiro atoms. The van der Waals surface area contributed by atoms with E-state index in [0.717, 1.165) is 15.9 Å². The van der Waals surface area contributed by atoms with Crippen LogP contribution in [0, 0.1) is 6.92 Å². The van der Waals surface area contributed by atoms with E-state index in [0.29, 0.717) is 19.0 Å². The van der Waals surface area contributed by atoms with E-state index in [2.05, 4.69) is 21.0 Å². The SMILES string of the molecule is Cc1cc(OCCN)nn1-c1ccc(Br)cc1. The molecule has 17 heavy (non-hydrogen) atoms. The van der Waals surface area contributed by atoms with Crippen LogP contribution < -0.4 is 10.5 Å². The van der Waals surface area contributed by atoms with Gasteiger partial charge in [-0.3, -0.25) is 0 Å². The molecule has 0 fully saturated rings. The fourth-order valence-electron chi connectivity index (χ4n) is 1.52. The van der Waals surface area contributed by atoms with Crippen molar-refractivity contribution in [1.82, 2.24) is 9.78 Å². The fraction of sp³-hybridized carbons (Fsp3) is 0.250. The van der Waals surface area contributed by atoms with Crippen LogP contribution in [0.25, 0.3) is 5.69 Å². The molecule has 0 bridgehead atoms. The summed E-state index contributed by atoms with van der Waals surface area (Å²) in [5.74, 6) is 0.607. The third-order valence-corrected chi connectivity index (χ3v) is 2.83. The van der Waals surface area contributed by atoms with Crippen LogP contribution in [0.4, 0.5) is 0 Å². The lowest BCUT2D eigenvalue weighted by Gasteiger charge is -2.03. The van der Waals surface area contributed by atoms with Gasteiger partial charge in [-0.25, -0.2) is 4.68 Å². The van der Waals surface area contributed by atoms with Gasteiger partial charge in [-0.1, -0.05) is 15.9 Å². The van der Waals surface area contributed by atoms with Gasteiger partial charge in [-0.15, -0.1) is 5.10 Å². The Labute approximate surface area is 109 Å². The largest absolute Gasteiger partial charge is 0.475 e. The second-order valence-corrected chi connectivity index (χ2v) is 4.56. The van der Waals surface area contributed by atoms with Crippen molar-refractivity contribution in [3.8, 4) is 11.6 Å². The summed E-state index contributed by atoms with van der Waals surface area (Å²) < 4.78 is 8.29. The average Bonchev–Trinajstić information content (AvgIpc) is 2.69. The van der Waals surface area contributed by atoms with E-state index >= 15 is 0 Å². The summed E-state index contributed by atoms with van der Waals surface area (Å²) in [7, 11) is 0. The average molecular weight is 296 g/mol. The molecule has 2 N–H and O–H groups in total. The summed E-state index contributed by atoms with van der Waals surface area (Å²) in [6.07, 6.45) is 0. The van der Waals surface area contributed by atoms with Crippen LogP contribution >= 0.6 is 15.9 Å². The number of nitrogens with zero attached hydrogens (tertiary/aromatic N) is 2. The van der Waals surface area contributed by atoms with Crippen LogP contribution in [0.1, 0.15) is 5.69 Å². The van der Waals surface area contributed by atoms with E-state index in [1.807, 2.05) is 41.9 Å². The van der Waals surface area contributed by atoms with Gasteiger partial charge in [0.15, 0.2) is 0 Å². The van der Waals surface area contributed by atoms with Crippen molar-refractivity contribution in [3.05, 3.63) is 40.5 Å². The number of hydrogen-bond acceptors (Lipinski definition) is 3. The maximum atomic E-state index is 5.40. The first-order valence-electron chi connectivity index (χ1n) is 5.36. The summed E-state index contributed by atoms with van der Waals surface area (Å²) in [5, 5.41) is 4.37. The van der Waals surface area contributed by atoms with Crippen LogP contribution in [0.15, 0.2) is 34.8 Å². The normalized spacial score (nSPS) is 10.5. The monoisotopic (exact) mass is 295 g/mol. The molecule has 4 nitrogen and oxygen atoms in total. The first-order chi connectivity index (χ1) is 8.20. The van der Waals surface area contributed by atoms with Gasteiger partial charge in [0.1, 0.15) is 6.61 Å². The predicted octanol–water partition coefficient (Wildman–Crippen LogP) is 2.28. The van der Waals surface area contributed by atoms with E-state index in [9.17, 15) is 0 Å². The van der Waals surface area contributed by atoms with E-state index in [4.69, 9.17) is 10.5 Å². The summed E-state index contributed by atoms with van der Waals surface area (Å²) in [6.45, 7) is 2.96. The number of nitrogens with two attached hydrogens (primary N) is 1. The van der Waals surface area contributed by atoms with Crippen molar-refractivity contribution in [2.75, 3.05) is 13.2 Å². The van der Waals surface area contributed by atoms with Crippen LogP contribution in [0.2, 0.25) is 0 Å². The van der Waals surface area contributed by atoms with Crippen LogP contribution in [0.3, 0.4) is 0 Å². The number of aryl methyl sites for hydroxylation is 1. The number of halogens is 1. The summed E-state index contributed by atoms with van der Waals surface area (Å²) >= 11 is 3.41. The zero-order valence-corrected chi connectivity index (χ0v) is 11.1. The molecule has 1 heterocycles. The molecule has 1 aromatic heterocycles. The Kier molecular flexibility index (Phi) is 3.81. The molecule has 5 heteroatoms. The smallest absolute Gasteiger partial charge is 0.233 e. The molecule has 0 unspecified atom stereocenters. The van der Waals surface area contributed by atoms with Gasteiger partial charge in [-0.2, -0.15) is 0 Å². The number of rotatable bonds is 4. The van der Waals surface area contributed by atoms with Crippen molar-refractivity contribution in [3.63, 3.8) is 0 Å². The molecule has 0 aliphatic heterocycles. The maximum Gasteiger partial charge on any atom is 0.233 e. The highest BCUT2D eigenvalue weighted by atomic mass is 79.9. The van der Waals surface area contributed by atoms with Crippen LogP contribution in [-0.2, 0) is 0 Å². The fourth-order valence-corrected chi connectivity index (χ4v) is 1.79. The zero-order chi connectivity index (χ0) is 12.3. The Morgan fingerprint density at radius 2 is 2.06 bits per heavy atom. The predicted molar refractivity (Wildman–Crippen MR) is 70.6 cm³/mol. The molecule has 2 rings (SSSR count). The Hall–Kier alpha value is -1.33. The molecule has 0 saturated carbocycles. The molecule has 90 valence electrons. The Morgan fingerprint density at radius 1 is 1.35 bits per heavy atom. The van der Waals surface area contributed by atoms with Crippen molar-refractivity contribution in [1.29, 1.82) is 0 Å². The molecule has 2 aromatic rings. The van der Waals surface area contributed by atoms with Crippen molar-refractivity contribution in [2.45, 2.75) is 6.92 Å². The Morgan fingerprint density at radius 3 is 2.71 bits per heavy atom. The van der Waals surface area contributed by atoms with E-state index in [1.165, 1.54) is 0 Å². The lowest BCUT2D eigenvalue weighted by Crippen LogP contribution is -2.11. The number of hydrogen-bond donors (Lipinski definition) is 1. The molecule has 0 atom stereocenters. The van der Waals surface area contributed by atoms with Gasteiger partial charge < -0.3 is 10.5 Å². The van der Waals surface area contributed by atoms with Crippen molar-refractivity contribution < 1.29 is 4.74 Å². The highest BCUT2D eigenvalue weighted by Crippen LogP contribution is 2.18. The molecule has 1 aromatic carbocycles. The Bertz CT molecular complexity index is 493. The van der Waals surface area contributed by atoms with Gasteiger partial charge in [0.05, 0.1) is 5.69 Å². The molecule has 0 saturated heterocycles. The van der Waals surface area contributed by atoms with Gasteiger partial charge in [-0.05, 0) is 31.2 Å². The standard InChI is InChI=1S/C12H14BrN3O/c1-9-8-12(17-7-6-14)15-16(9)11-4-2-10(13)3-5-11/h2-5,8H,6-7,14H2,1H3. The highest BCUT2D eigenvalue weighted by Gasteiger charge is 2.06. The van der Waals surface area contributed by atoms with Gasteiger partial charge in [0.2, 0.25) is 5.88 Å². The van der Waals surface area contributed by atoms with Crippen LogP contribution in [-0.4, -0.2) is 22.9 Å². The minimum absolute atomic E-state index is 0.483. The summed E-state index contributed by atoms with van der Waals surface area (Å²) in [4.78, 5) is 0. The van der Waals surface area contributed by atoms with E-state index < -0.39 is 0 Å². The van der Waals surface area contributed by atoms with E-state index in [1.54, 1.807) is 0 Å². The minimum Gasteiger partial charge on any atom is -0.475 e. The second kappa shape index (κ2) is 5.33. The minimum atomic E-state index is 0.483. The molecule has 0 aliphatic carbocycles.